The number of carbonyl (C=O) groups is 1. The highest BCUT2D eigenvalue weighted by Gasteiger charge is 2.18. The Morgan fingerprint density at radius 3 is 1.80 bits per heavy atom. The molecule has 0 bridgehead atoms. The first-order chi connectivity index (χ1) is 17.0. The van der Waals surface area contributed by atoms with Crippen LogP contribution in [0.3, 0.4) is 0 Å². The summed E-state index contributed by atoms with van der Waals surface area (Å²) < 4.78 is 24.2. The summed E-state index contributed by atoms with van der Waals surface area (Å²) in [7, 11) is 3.17. The Bertz CT molecular complexity index is 1450. The molecule has 0 atom stereocenters. The summed E-state index contributed by atoms with van der Waals surface area (Å²) in [5.74, 6) is 1.39. The van der Waals surface area contributed by atoms with Crippen LogP contribution in [0, 0.1) is 0 Å². The predicted molar refractivity (Wildman–Crippen MR) is 131 cm³/mol. The van der Waals surface area contributed by atoms with Gasteiger partial charge in [-0.1, -0.05) is 0 Å². The van der Waals surface area contributed by atoms with Crippen LogP contribution in [0.1, 0.15) is 0 Å². The van der Waals surface area contributed by atoms with Crippen LogP contribution in [-0.4, -0.2) is 49.1 Å². The number of methoxy groups -OCH3 is 2. The van der Waals surface area contributed by atoms with Gasteiger partial charge in [-0.15, -0.1) is 0 Å². The van der Waals surface area contributed by atoms with Crippen molar-refractivity contribution in [2.24, 2.45) is 0 Å². The van der Waals surface area contributed by atoms with Crippen LogP contribution in [0.25, 0.3) is 21.8 Å². The van der Waals surface area contributed by atoms with Crippen LogP contribution in [0.2, 0.25) is 0 Å². The molecular formula is C26H26N2O7. The number of aldehydes is 1. The highest BCUT2D eigenvalue weighted by Crippen LogP contribution is 2.21. The van der Waals surface area contributed by atoms with E-state index in [1.54, 1.807) is 37.0 Å². The van der Waals surface area contributed by atoms with Gasteiger partial charge in [0.05, 0.1) is 51.6 Å². The Morgan fingerprint density at radius 2 is 1.29 bits per heavy atom. The molecule has 0 aliphatic carbocycles. The number of pyridine rings is 2. The maximum absolute atomic E-state index is 12.0. The van der Waals surface area contributed by atoms with Gasteiger partial charge in [0.15, 0.2) is 6.29 Å². The van der Waals surface area contributed by atoms with E-state index in [-0.39, 0.29) is 24.0 Å². The van der Waals surface area contributed by atoms with E-state index in [0.717, 1.165) is 22.0 Å². The van der Waals surface area contributed by atoms with Crippen molar-refractivity contribution < 1.29 is 23.7 Å². The fraction of sp³-hybridized carbons (Fsp3) is 0.269. The molecular weight excluding hydrogens is 452 g/mol. The van der Waals surface area contributed by atoms with Crippen LogP contribution in [0.15, 0.2) is 70.3 Å². The predicted octanol–water partition coefficient (Wildman–Crippen LogP) is 2.59. The lowest BCUT2D eigenvalue weighted by molar-refractivity contribution is -0.108. The van der Waals surface area contributed by atoms with E-state index in [1.807, 2.05) is 36.4 Å². The molecule has 4 aromatic rings. The van der Waals surface area contributed by atoms with E-state index in [9.17, 15) is 14.4 Å². The number of aromatic nitrogens is 2. The molecule has 0 radical (unpaired) electrons. The van der Waals surface area contributed by atoms with Gasteiger partial charge in [0.25, 0.3) is 11.1 Å². The van der Waals surface area contributed by atoms with Crippen molar-refractivity contribution in [2.45, 2.75) is 19.4 Å². The molecule has 2 aromatic heterocycles. The maximum Gasteiger partial charge on any atom is 0.251 e. The number of hydrogen-bond donors (Lipinski definition) is 0. The molecule has 1 saturated heterocycles. The lowest BCUT2D eigenvalue weighted by atomic mass is 10.2. The molecule has 182 valence electrons. The molecule has 5 rings (SSSR count). The number of benzene rings is 2. The van der Waals surface area contributed by atoms with E-state index in [2.05, 4.69) is 0 Å². The van der Waals surface area contributed by atoms with Crippen LogP contribution in [0.4, 0.5) is 0 Å². The smallest absolute Gasteiger partial charge is 0.251 e. The van der Waals surface area contributed by atoms with Crippen molar-refractivity contribution in [3.63, 3.8) is 0 Å². The van der Waals surface area contributed by atoms with Crippen molar-refractivity contribution >= 4 is 28.1 Å². The van der Waals surface area contributed by atoms with Crippen LogP contribution < -0.4 is 20.6 Å². The summed E-state index contributed by atoms with van der Waals surface area (Å²) in [5.41, 5.74) is 1.28. The standard InChI is InChI=1S/C14H15NO4.C12H11NO3/c1-17-11-4-2-10-3-5-13(16)15(12(10)8-11)9-14-18-6-7-19-14;1-16-10-4-2-9-3-5-12(15)13(6-7-14)11(9)8-10/h2-5,8,14H,6-7,9H2,1H3;2-5,7-8H,6H2,1H3. The van der Waals surface area contributed by atoms with E-state index in [1.165, 1.54) is 10.6 Å². The molecule has 0 amide bonds. The second-order valence-corrected chi connectivity index (χ2v) is 7.75. The molecule has 3 heterocycles. The quantitative estimate of drug-likeness (QED) is 0.393. The average molecular weight is 479 g/mol. The van der Waals surface area contributed by atoms with Gasteiger partial charge in [0, 0.05) is 24.3 Å². The molecule has 0 saturated carbocycles. The maximum atomic E-state index is 12.0. The highest BCUT2D eigenvalue weighted by molar-refractivity contribution is 5.81. The lowest BCUT2D eigenvalue weighted by Gasteiger charge is -2.14. The first-order valence-corrected chi connectivity index (χ1v) is 11.1. The second-order valence-electron chi connectivity index (χ2n) is 7.75. The van der Waals surface area contributed by atoms with Gasteiger partial charge in [-0.2, -0.15) is 0 Å². The monoisotopic (exact) mass is 478 g/mol. The minimum atomic E-state index is -0.352. The summed E-state index contributed by atoms with van der Waals surface area (Å²) in [4.78, 5) is 34.2. The van der Waals surface area contributed by atoms with Gasteiger partial charge >= 0.3 is 0 Å². The van der Waals surface area contributed by atoms with E-state index in [0.29, 0.717) is 37.3 Å². The number of rotatable bonds is 6. The fourth-order valence-electron chi connectivity index (χ4n) is 3.90. The minimum Gasteiger partial charge on any atom is -0.497 e. The molecule has 0 spiro atoms. The minimum absolute atomic E-state index is 0.0589. The van der Waals surface area contributed by atoms with Crippen LogP contribution >= 0.6 is 0 Å². The number of carbonyl (C=O) groups excluding carboxylic acids is 1. The Labute approximate surface area is 201 Å². The Balaban J connectivity index is 0.000000168. The molecule has 9 nitrogen and oxygen atoms in total. The number of nitrogens with zero attached hydrogens (tertiary/aromatic N) is 2. The van der Waals surface area contributed by atoms with E-state index in [4.69, 9.17) is 18.9 Å². The molecule has 0 unspecified atom stereocenters. The summed E-state index contributed by atoms with van der Waals surface area (Å²) in [6, 6.07) is 17.6. The summed E-state index contributed by atoms with van der Waals surface area (Å²) in [5, 5.41) is 1.89. The number of fused-ring (bicyclic) bond motifs is 2. The zero-order valence-corrected chi connectivity index (χ0v) is 19.5. The lowest BCUT2D eigenvalue weighted by Crippen LogP contribution is -2.26. The van der Waals surface area contributed by atoms with Crippen molar-refractivity contribution in [1.82, 2.24) is 9.13 Å². The fourth-order valence-corrected chi connectivity index (χ4v) is 3.90. The number of ether oxygens (including phenoxy) is 4. The van der Waals surface area contributed by atoms with Crippen molar-refractivity contribution in [2.75, 3.05) is 27.4 Å². The van der Waals surface area contributed by atoms with Gasteiger partial charge in [-0.25, -0.2) is 0 Å². The SMILES string of the molecule is COc1ccc2ccc(=O)n(CC3OCCO3)c2c1.COc1ccc2ccc(=O)n(CC=O)c2c1. The molecule has 1 fully saturated rings. The molecule has 9 heteroatoms. The summed E-state index contributed by atoms with van der Waals surface area (Å²) >= 11 is 0. The Kier molecular flexibility index (Phi) is 7.59. The topological polar surface area (TPSA) is 98.0 Å². The van der Waals surface area contributed by atoms with Crippen molar-refractivity contribution in [1.29, 1.82) is 0 Å². The largest absolute Gasteiger partial charge is 0.497 e. The number of hydrogen-bond acceptors (Lipinski definition) is 7. The molecule has 0 N–H and O–H groups in total. The average Bonchev–Trinajstić information content (AvgIpc) is 3.40. The van der Waals surface area contributed by atoms with Gasteiger partial charge in [0.2, 0.25) is 0 Å². The molecule has 2 aromatic carbocycles. The van der Waals surface area contributed by atoms with E-state index >= 15 is 0 Å². The third-order valence-corrected chi connectivity index (χ3v) is 5.68. The normalized spacial score (nSPS) is 13.4. The molecule has 1 aliphatic rings. The third-order valence-electron chi connectivity index (χ3n) is 5.68. The molecule has 1 aliphatic heterocycles. The van der Waals surface area contributed by atoms with Gasteiger partial charge in [-0.3, -0.25) is 9.59 Å². The van der Waals surface area contributed by atoms with Crippen LogP contribution in [0.5, 0.6) is 11.5 Å². The van der Waals surface area contributed by atoms with Crippen LogP contribution in [-0.2, 0) is 27.4 Å². The first kappa shape index (κ1) is 24.2. The van der Waals surface area contributed by atoms with Gasteiger partial charge in [0.1, 0.15) is 17.8 Å². The molecule has 35 heavy (non-hydrogen) atoms. The third kappa shape index (κ3) is 5.42. The first-order valence-electron chi connectivity index (χ1n) is 11.1. The summed E-state index contributed by atoms with van der Waals surface area (Å²) in [6.07, 6.45) is 0.356. The van der Waals surface area contributed by atoms with E-state index < -0.39 is 0 Å². The second kappa shape index (κ2) is 11.0. The zero-order chi connectivity index (χ0) is 24.8. The van der Waals surface area contributed by atoms with Crippen molar-refractivity contribution in [3.8, 4) is 11.5 Å². The Morgan fingerprint density at radius 1 is 0.800 bits per heavy atom. The highest BCUT2D eigenvalue weighted by atomic mass is 16.7. The van der Waals surface area contributed by atoms with Gasteiger partial charge in [-0.05, 0) is 47.2 Å². The van der Waals surface area contributed by atoms with Gasteiger partial charge < -0.3 is 32.9 Å². The summed E-state index contributed by atoms with van der Waals surface area (Å²) in [6.45, 7) is 1.60. The Hall–Kier alpha value is -3.95. The zero-order valence-electron chi connectivity index (χ0n) is 19.5. The van der Waals surface area contributed by atoms with Crippen molar-refractivity contribution in [3.05, 3.63) is 81.4 Å².